The summed E-state index contributed by atoms with van der Waals surface area (Å²) in [5.74, 6) is 0.705. The molecule has 0 spiro atoms. The fraction of sp³-hybridized carbons (Fsp3) is 0.364. The number of hydrogen-bond donors (Lipinski definition) is 1. The molecule has 0 aromatic heterocycles. The highest BCUT2D eigenvalue weighted by molar-refractivity contribution is 8.00. The van der Waals surface area contributed by atoms with Gasteiger partial charge in [0.05, 0.1) is 5.25 Å². The number of benzene rings is 1. The smallest absolute Gasteiger partial charge is 0.230 e. The first-order chi connectivity index (χ1) is 6.70. The summed E-state index contributed by atoms with van der Waals surface area (Å²) in [5.41, 5.74) is 6.46. The summed E-state index contributed by atoms with van der Waals surface area (Å²) in [6.07, 6.45) is 0.989. The molecule has 3 heteroatoms. The van der Waals surface area contributed by atoms with E-state index < -0.39 is 0 Å². The molecule has 1 rings (SSSR count). The molecule has 1 amide bonds. The van der Waals surface area contributed by atoms with Crippen LogP contribution in [0.1, 0.15) is 12.5 Å². The molecule has 0 fully saturated rings. The standard InChI is InChI=1S/C11H15NOS/c1-9(11(12)13)14-8-7-10-5-3-2-4-6-10/h2-6,9H,7-8H2,1H3,(H2,12,13)/t9-/m0/s1. The van der Waals surface area contributed by atoms with Crippen molar-refractivity contribution in [3.63, 3.8) is 0 Å². The van der Waals surface area contributed by atoms with Crippen molar-refractivity contribution in [2.45, 2.75) is 18.6 Å². The number of amides is 1. The highest BCUT2D eigenvalue weighted by atomic mass is 32.2. The molecule has 0 heterocycles. The molecule has 1 aromatic rings. The van der Waals surface area contributed by atoms with Crippen molar-refractivity contribution in [3.8, 4) is 0 Å². The Labute approximate surface area is 88.9 Å². The number of carbonyl (C=O) groups is 1. The molecular weight excluding hydrogens is 194 g/mol. The molecule has 0 aliphatic heterocycles. The maximum Gasteiger partial charge on any atom is 0.230 e. The molecule has 0 aliphatic carbocycles. The van der Waals surface area contributed by atoms with Gasteiger partial charge in [-0.05, 0) is 24.7 Å². The van der Waals surface area contributed by atoms with Gasteiger partial charge in [0.25, 0.3) is 0 Å². The Bertz CT molecular complexity index is 287. The van der Waals surface area contributed by atoms with Gasteiger partial charge in [-0.2, -0.15) is 0 Å². The fourth-order valence-electron chi connectivity index (χ4n) is 1.08. The Morgan fingerprint density at radius 1 is 1.43 bits per heavy atom. The normalized spacial score (nSPS) is 12.4. The predicted molar refractivity (Wildman–Crippen MR) is 61.3 cm³/mol. The van der Waals surface area contributed by atoms with E-state index in [0.29, 0.717) is 0 Å². The number of primary amides is 1. The van der Waals surface area contributed by atoms with E-state index in [-0.39, 0.29) is 11.2 Å². The van der Waals surface area contributed by atoms with Gasteiger partial charge in [0, 0.05) is 0 Å². The van der Waals surface area contributed by atoms with Crippen LogP contribution in [0.4, 0.5) is 0 Å². The van der Waals surface area contributed by atoms with E-state index >= 15 is 0 Å². The van der Waals surface area contributed by atoms with Gasteiger partial charge in [0.2, 0.25) is 5.91 Å². The second kappa shape index (κ2) is 5.70. The van der Waals surface area contributed by atoms with Crippen LogP contribution < -0.4 is 5.73 Å². The Hall–Kier alpha value is -0.960. The zero-order valence-corrected chi connectivity index (χ0v) is 9.09. The van der Waals surface area contributed by atoms with Gasteiger partial charge in [0.1, 0.15) is 0 Å². The predicted octanol–water partition coefficient (Wildman–Crippen LogP) is 1.84. The lowest BCUT2D eigenvalue weighted by atomic mass is 10.2. The van der Waals surface area contributed by atoms with E-state index in [1.54, 1.807) is 11.8 Å². The first-order valence-electron chi connectivity index (χ1n) is 4.65. The highest BCUT2D eigenvalue weighted by Gasteiger charge is 2.07. The van der Waals surface area contributed by atoms with Gasteiger partial charge < -0.3 is 5.73 Å². The molecule has 0 saturated heterocycles. The molecule has 0 bridgehead atoms. The van der Waals surface area contributed by atoms with Gasteiger partial charge in [-0.25, -0.2) is 0 Å². The van der Waals surface area contributed by atoms with Gasteiger partial charge in [-0.15, -0.1) is 11.8 Å². The third-order valence-corrected chi connectivity index (χ3v) is 3.17. The maximum atomic E-state index is 10.7. The average Bonchev–Trinajstić information content (AvgIpc) is 2.19. The molecule has 1 aromatic carbocycles. The molecule has 76 valence electrons. The average molecular weight is 209 g/mol. The lowest BCUT2D eigenvalue weighted by Crippen LogP contribution is -2.23. The van der Waals surface area contributed by atoms with Crippen LogP contribution in [0, 0.1) is 0 Å². The number of aryl methyl sites for hydroxylation is 1. The van der Waals surface area contributed by atoms with Crippen LogP contribution in [-0.4, -0.2) is 16.9 Å². The minimum absolute atomic E-state index is 0.0845. The van der Waals surface area contributed by atoms with E-state index in [1.807, 2.05) is 25.1 Å². The summed E-state index contributed by atoms with van der Waals surface area (Å²) in [5, 5.41) is -0.0845. The minimum Gasteiger partial charge on any atom is -0.369 e. The number of rotatable bonds is 5. The van der Waals surface area contributed by atoms with E-state index in [1.165, 1.54) is 5.56 Å². The minimum atomic E-state index is -0.233. The molecule has 1 atom stereocenters. The summed E-state index contributed by atoms with van der Waals surface area (Å²) >= 11 is 1.60. The third-order valence-electron chi connectivity index (χ3n) is 2.00. The quantitative estimate of drug-likeness (QED) is 0.804. The van der Waals surface area contributed by atoms with E-state index in [9.17, 15) is 4.79 Å². The molecule has 0 radical (unpaired) electrons. The fourth-order valence-corrected chi connectivity index (χ4v) is 1.95. The number of thioether (sulfide) groups is 1. The molecule has 0 unspecified atom stereocenters. The van der Waals surface area contributed by atoms with Crippen molar-refractivity contribution in [1.29, 1.82) is 0 Å². The van der Waals surface area contributed by atoms with Crippen molar-refractivity contribution in [1.82, 2.24) is 0 Å². The van der Waals surface area contributed by atoms with Gasteiger partial charge >= 0.3 is 0 Å². The Morgan fingerprint density at radius 3 is 2.64 bits per heavy atom. The van der Waals surface area contributed by atoms with Crippen LogP contribution in [-0.2, 0) is 11.2 Å². The van der Waals surface area contributed by atoms with Crippen molar-refractivity contribution in [3.05, 3.63) is 35.9 Å². The molecule has 2 nitrogen and oxygen atoms in total. The monoisotopic (exact) mass is 209 g/mol. The largest absolute Gasteiger partial charge is 0.369 e. The zero-order chi connectivity index (χ0) is 10.4. The molecule has 14 heavy (non-hydrogen) atoms. The highest BCUT2D eigenvalue weighted by Crippen LogP contribution is 2.12. The van der Waals surface area contributed by atoms with Crippen LogP contribution in [0.5, 0.6) is 0 Å². The second-order valence-corrected chi connectivity index (χ2v) is 4.60. The van der Waals surface area contributed by atoms with Crippen LogP contribution in [0.25, 0.3) is 0 Å². The molecule has 0 aliphatic rings. The number of nitrogens with two attached hydrogens (primary N) is 1. The van der Waals surface area contributed by atoms with Crippen molar-refractivity contribution in [2.75, 3.05) is 5.75 Å². The molecule has 0 saturated carbocycles. The summed E-state index contributed by atoms with van der Waals surface area (Å²) in [7, 11) is 0. The Morgan fingerprint density at radius 2 is 2.07 bits per heavy atom. The van der Waals surface area contributed by atoms with Crippen LogP contribution >= 0.6 is 11.8 Å². The first-order valence-corrected chi connectivity index (χ1v) is 5.70. The summed E-state index contributed by atoms with van der Waals surface area (Å²) < 4.78 is 0. The number of carbonyl (C=O) groups excluding carboxylic acids is 1. The van der Waals surface area contributed by atoms with E-state index in [4.69, 9.17) is 5.73 Å². The van der Waals surface area contributed by atoms with Crippen LogP contribution in [0.15, 0.2) is 30.3 Å². The van der Waals surface area contributed by atoms with Crippen molar-refractivity contribution < 1.29 is 4.79 Å². The Balaban J connectivity index is 2.26. The van der Waals surface area contributed by atoms with Crippen LogP contribution in [0.3, 0.4) is 0 Å². The van der Waals surface area contributed by atoms with Crippen molar-refractivity contribution >= 4 is 17.7 Å². The van der Waals surface area contributed by atoms with E-state index in [2.05, 4.69) is 12.1 Å². The summed E-state index contributed by atoms with van der Waals surface area (Å²) in [6.45, 7) is 1.85. The molecule has 2 N–H and O–H groups in total. The maximum absolute atomic E-state index is 10.7. The van der Waals surface area contributed by atoms with Gasteiger partial charge in [-0.1, -0.05) is 30.3 Å². The summed E-state index contributed by atoms with van der Waals surface area (Å²) in [6, 6.07) is 10.2. The lowest BCUT2D eigenvalue weighted by Gasteiger charge is -2.06. The first kappa shape index (κ1) is 11.1. The van der Waals surface area contributed by atoms with E-state index in [0.717, 1.165) is 12.2 Å². The Kier molecular flexibility index (Phi) is 4.53. The van der Waals surface area contributed by atoms with Gasteiger partial charge in [-0.3, -0.25) is 4.79 Å². The van der Waals surface area contributed by atoms with Crippen LogP contribution in [0.2, 0.25) is 0 Å². The lowest BCUT2D eigenvalue weighted by molar-refractivity contribution is -0.117. The zero-order valence-electron chi connectivity index (χ0n) is 8.27. The van der Waals surface area contributed by atoms with Crippen molar-refractivity contribution in [2.24, 2.45) is 5.73 Å². The van der Waals surface area contributed by atoms with Gasteiger partial charge in [0.15, 0.2) is 0 Å². The topological polar surface area (TPSA) is 43.1 Å². The SMILES string of the molecule is C[C@H](SCCc1ccccc1)C(N)=O. The number of hydrogen-bond acceptors (Lipinski definition) is 2. The summed E-state index contributed by atoms with van der Waals surface area (Å²) in [4.78, 5) is 10.7. The third kappa shape index (κ3) is 3.83. The second-order valence-electron chi connectivity index (χ2n) is 3.15. The molecular formula is C11H15NOS.